The van der Waals surface area contributed by atoms with Gasteiger partial charge in [-0.1, -0.05) is 23.0 Å². The normalized spacial score (nSPS) is 14.8. The van der Waals surface area contributed by atoms with Gasteiger partial charge >= 0.3 is 5.97 Å². The van der Waals surface area contributed by atoms with E-state index < -0.39 is 17.9 Å². The third kappa shape index (κ3) is 3.98. The minimum Gasteiger partial charge on any atom is -0.503 e. The van der Waals surface area contributed by atoms with E-state index in [1.165, 1.54) is 12.0 Å². The molecule has 0 spiro atoms. The molecule has 0 aliphatic carbocycles. The Bertz CT molecular complexity index is 1660. The van der Waals surface area contributed by atoms with Gasteiger partial charge in [-0.05, 0) is 66.5 Å². The van der Waals surface area contributed by atoms with E-state index >= 15 is 0 Å². The molecule has 1 unspecified atom stereocenters. The first-order valence-electron chi connectivity index (χ1n) is 11.3. The average molecular weight is 585 g/mol. The van der Waals surface area contributed by atoms with Gasteiger partial charge in [0.05, 0.1) is 40.9 Å². The Morgan fingerprint density at radius 2 is 2.00 bits per heavy atom. The van der Waals surface area contributed by atoms with E-state index in [-0.39, 0.29) is 50.5 Å². The minimum atomic E-state index is -0.963. The monoisotopic (exact) mass is 584 g/mol. The van der Waals surface area contributed by atoms with Crippen LogP contribution in [0.2, 0.25) is 0 Å². The van der Waals surface area contributed by atoms with Crippen LogP contribution in [0.1, 0.15) is 55.6 Å². The zero-order chi connectivity index (χ0) is 26.6. The summed E-state index contributed by atoms with van der Waals surface area (Å²) in [6.45, 7) is 5.40. The molecule has 9 nitrogen and oxygen atoms in total. The van der Waals surface area contributed by atoms with E-state index in [0.29, 0.717) is 21.1 Å². The SMILES string of the molecule is CCOC(=O)c1sc(N2C(=O)c3oc4ccc(C)cc4c(=O)c3C2c2cc(Br)c(O)c(OC)c2)nc1C. The Labute approximate surface area is 223 Å². The van der Waals surface area contributed by atoms with Crippen LogP contribution in [-0.2, 0) is 4.74 Å². The van der Waals surface area contributed by atoms with Crippen molar-refractivity contribution in [2.24, 2.45) is 0 Å². The number of nitrogens with zero attached hydrogens (tertiary/aromatic N) is 2. The standard InChI is InChI=1S/C26H21BrN2O7S/c1-5-35-25(33)23-12(3)28-26(37-23)29-19(13-9-15(27)21(31)17(10-13)34-4)18-20(30)14-8-11(2)6-7-16(14)36-22(18)24(29)32/h6-10,19,31H,5H2,1-4H3. The average Bonchev–Trinajstić information content (AvgIpc) is 3.39. The van der Waals surface area contributed by atoms with E-state index in [2.05, 4.69) is 20.9 Å². The lowest BCUT2D eigenvalue weighted by atomic mass is 9.98. The number of ether oxygens (including phenoxy) is 2. The van der Waals surface area contributed by atoms with Gasteiger partial charge in [0.15, 0.2) is 22.1 Å². The summed E-state index contributed by atoms with van der Waals surface area (Å²) in [6, 6.07) is 7.35. The number of carbonyl (C=O) groups excluding carboxylic acids is 2. The number of fused-ring (bicyclic) bond motifs is 2. The third-order valence-corrected chi connectivity index (χ3v) is 7.81. The molecule has 0 fully saturated rings. The zero-order valence-corrected chi connectivity index (χ0v) is 22.7. The summed E-state index contributed by atoms with van der Waals surface area (Å²) >= 11 is 4.32. The van der Waals surface area contributed by atoms with Crippen LogP contribution in [0.25, 0.3) is 11.0 Å². The topological polar surface area (TPSA) is 119 Å². The van der Waals surface area contributed by atoms with Crippen molar-refractivity contribution in [2.75, 3.05) is 18.6 Å². The number of anilines is 1. The van der Waals surface area contributed by atoms with Gasteiger partial charge in [0.25, 0.3) is 5.91 Å². The first-order valence-corrected chi connectivity index (χ1v) is 12.9. The van der Waals surface area contributed by atoms with Crippen LogP contribution < -0.4 is 15.1 Å². The second-order valence-corrected chi connectivity index (χ2v) is 10.3. The highest BCUT2D eigenvalue weighted by Gasteiger charge is 2.45. The maximum Gasteiger partial charge on any atom is 0.350 e. The van der Waals surface area contributed by atoms with E-state index in [9.17, 15) is 19.5 Å². The minimum absolute atomic E-state index is 0.111. The fourth-order valence-electron chi connectivity index (χ4n) is 4.38. The first kappa shape index (κ1) is 25.0. The van der Waals surface area contributed by atoms with Gasteiger partial charge in [-0.15, -0.1) is 0 Å². The number of halogens is 1. The molecule has 5 rings (SSSR count). The van der Waals surface area contributed by atoms with Crippen LogP contribution in [0.4, 0.5) is 5.13 Å². The van der Waals surface area contributed by atoms with E-state index in [1.807, 2.05) is 6.92 Å². The Kier molecular flexibility index (Phi) is 6.28. The number of esters is 1. The molecule has 1 aliphatic rings. The molecule has 190 valence electrons. The lowest BCUT2D eigenvalue weighted by Crippen LogP contribution is -2.29. The molecule has 3 heterocycles. The van der Waals surface area contributed by atoms with Crippen molar-refractivity contribution in [1.82, 2.24) is 4.98 Å². The number of aromatic nitrogens is 1. The predicted octanol–water partition coefficient (Wildman–Crippen LogP) is 5.27. The Hall–Kier alpha value is -3.70. The lowest BCUT2D eigenvalue weighted by Gasteiger charge is -2.23. The molecule has 0 saturated carbocycles. The number of benzene rings is 2. The quantitative estimate of drug-likeness (QED) is 0.315. The van der Waals surface area contributed by atoms with E-state index in [0.717, 1.165) is 16.9 Å². The molecule has 1 atom stereocenters. The molecule has 1 N–H and O–H groups in total. The molecule has 1 aliphatic heterocycles. The number of hydrogen-bond donors (Lipinski definition) is 1. The van der Waals surface area contributed by atoms with Gasteiger partial charge in [-0.3, -0.25) is 14.5 Å². The van der Waals surface area contributed by atoms with Gasteiger partial charge in [0.2, 0.25) is 5.76 Å². The number of phenols is 1. The number of thiazole rings is 1. The summed E-state index contributed by atoms with van der Waals surface area (Å²) < 4.78 is 16.8. The van der Waals surface area contributed by atoms with Gasteiger partial charge in [0, 0.05) is 0 Å². The van der Waals surface area contributed by atoms with Crippen LogP contribution >= 0.6 is 27.3 Å². The highest BCUT2D eigenvalue weighted by atomic mass is 79.9. The lowest BCUT2D eigenvalue weighted by molar-refractivity contribution is 0.0531. The molecule has 37 heavy (non-hydrogen) atoms. The number of aryl methyl sites for hydroxylation is 2. The number of aromatic hydroxyl groups is 1. The number of phenolic OH excluding ortho intramolecular Hbond substituents is 1. The summed E-state index contributed by atoms with van der Waals surface area (Å²) in [5, 5.41) is 10.9. The van der Waals surface area contributed by atoms with Crippen molar-refractivity contribution in [2.45, 2.75) is 26.8 Å². The smallest absolute Gasteiger partial charge is 0.350 e. The molecular weight excluding hydrogens is 564 g/mol. The predicted molar refractivity (Wildman–Crippen MR) is 141 cm³/mol. The molecular formula is C26H21BrN2O7S. The van der Waals surface area contributed by atoms with Crippen molar-refractivity contribution < 1.29 is 28.6 Å². The number of methoxy groups -OCH3 is 1. The Balaban J connectivity index is 1.79. The van der Waals surface area contributed by atoms with Gasteiger partial charge in [-0.25, -0.2) is 9.78 Å². The molecule has 2 aromatic carbocycles. The van der Waals surface area contributed by atoms with E-state index in [1.54, 1.807) is 44.2 Å². The molecule has 11 heteroatoms. The zero-order valence-electron chi connectivity index (χ0n) is 20.2. The summed E-state index contributed by atoms with van der Waals surface area (Å²) in [6.07, 6.45) is 0. The highest BCUT2D eigenvalue weighted by molar-refractivity contribution is 9.10. The second-order valence-electron chi connectivity index (χ2n) is 8.44. The largest absolute Gasteiger partial charge is 0.503 e. The number of amides is 1. The van der Waals surface area contributed by atoms with E-state index in [4.69, 9.17) is 13.9 Å². The van der Waals surface area contributed by atoms with Crippen LogP contribution in [0.5, 0.6) is 11.5 Å². The summed E-state index contributed by atoms with van der Waals surface area (Å²) in [7, 11) is 1.40. The van der Waals surface area contributed by atoms with Gasteiger partial charge < -0.3 is 19.0 Å². The summed E-state index contributed by atoms with van der Waals surface area (Å²) in [4.78, 5) is 46.2. The highest BCUT2D eigenvalue weighted by Crippen LogP contribution is 2.46. The summed E-state index contributed by atoms with van der Waals surface area (Å²) in [5.74, 6) is -1.21. The van der Waals surface area contributed by atoms with Gasteiger partial charge in [-0.2, -0.15) is 0 Å². The molecule has 0 radical (unpaired) electrons. The first-order chi connectivity index (χ1) is 17.7. The van der Waals surface area contributed by atoms with Crippen LogP contribution in [-0.4, -0.2) is 35.7 Å². The van der Waals surface area contributed by atoms with Crippen molar-refractivity contribution in [1.29, 1.82) is 0 Å². The van der Waals surface area contributed by atoms with Crippen LogP contribution in [0, 0.1) is 13.8 Å². The van der Waals surface area contributed by atoms with Crippen LogP contribution in [0.3, 0.4) is 0 Å². The molecule has 0 bridgehead atoms. The second kappa shape index (κ2) is 9.31. The van der Waals surface area contributed by atoms with Crippen molar-refractivity contribution >= 4 is 55.2 Å². The van der Waals surface area contributed by atoms with Gasteiger partial charge in [0.1, 0.15) is 10.5 Å². The fraction of sp³-hybridized carbons (Fsp3) is 0.231. The maximum absolute atomic E-state index is 13.8. The molecule has 1 amide bonds. The maximum atomic E-state index is 13.8. The van der Waals surface area contributed by atoms with Crippen LogP contribution in [0.15, 0.2) is 44.0 Å². The van der Waals surface area contributed by atoms with Crippen molar-refractivity contribution in [3.05, 3.63) is 78.0 Å². The molecule has 4 aromatic rings. The summed E-state index contributed by atoms with van der Waals surface area (Å²) in [5.41, 5.74) is 1.79. The number of hydrogen-bond acceptors (Lipinski definition) is 9. The van der Waals surface area contributed by atoms with Crippen molar-refractivity contribution in [3.8, 4) is 11.5 Å². The third-order valence-electron chi connectivity index (χ3n) is 6.06. The number of rotatable bonds is 5. The van der Waals surface area contributed by atoms with Crippen molar-refractivity contribution in [3.63, 3.8) is 0 Å². The molecule has 2 aromatic heterocycles. The Morgan fingerprint density at radius 1 is 1.24 bits per heavy atom. The Morgan fingerprint density at radius 3 is 2.70 bits per heavy atom. The fourth-order valence-corrected chi connectivity index (χ4v) is 5.83. The number of carbonyl (C=O) groups is 2. The molecule has 0 saturated heterocycles.